The monoisotopic (exact) mass is 381 g/mol. The van der Waals surface area contributed by atoms with E-state index >= 15 is 0 Å². The van der Waals surface area contributed by atoms with Crippen LogP contribution in [0.1, 0.15) is 25.3 Å². The molecule has 0 aromatic heterocycles. The predicted molar refractivity (Wildman–Crippen MR) is 103 cm³/mol. The Hall–Kier alpha value is -1.15. The maximum atomic E-state index is 13.4. The highest BCUT2D eigenvalue weighted by Gasteiger charge is 2.32. The summed E-state index contributed by atoms with van der Waals surface area (Å²) >= 11 is 0. The maximum absolute atomic E-state index is 13.4. The van der Waals surface area contributed by atoms with Crippen molar-refractivity contribution in [2.45, 2.75) is 37.1 Å². The molecule has 0 aliphatic carbocycles. The zero-order valence-electron chi connectivity index (χ0n) is 16.1. The van der Waals surface area contributed by atoms with Crippen LogP contribution >= 0.6 is 0 Å². The third-order valence-corrected chi connectivity index (χ3v) is 7.28. The minimum absolute atomic E-state index is 0.315. The van der Waals surface area contributed by atoms with Gasteiger partial charge in [0, 0.05) is 32.1 Å². The molecule has 0 saturated carbocycles. The minimum atomic E-state index is -3.51. The van der Waals surface area contributed by atoms with Gasteiger partial charge < -0.3 is 9.64 Å². The Labute approximate surface area is 157 Å². The van der Waals surface area contributed by atoms with Crippen LogP contribution in [0.3, 0.4) is 0 Å². The van der Waals surface area contributed by atoms with Crippen molar-refractivity contribution < 1.29 is 13.2 Å². The van der Waals surface area contributed by atoms with Gasteiger partial charge in [-0.15, -0.1) is 0 Å². The number of nitrogens with zero attached hydrogens (tertiary/aromatic N) is 3. The summed E-state index contributed by atoms with van der Waals surface area (Å²) in [4.78, 5) is 4.82. The molecule has 0 amide bonds. The first-order valence-electron chi connectivity index (χ1n) is 9.56. The highest BCUT2D eigenvalue weighted by atomic mass is 32.2. The number of likely N-dealkylation sites (tertiary alicyclic amines) is 1. The summed E-state index contributed by atoms with van der Waals surface area (Å²) in [6, 6.07) is 5.60. The second-order valence-electron chi connectivity index (χ2n) is 7.46. The Bertz CT molecular complexity index is 721. The van der Waals surface area contributed by atoms with Gasteiger partial charge in [-0.25, -0.2) is 8.42 Å². The van der Waals surface area contributed by atoms with Gasteiger partial charge in [0.25, 0.3) is 0 Å². The Kier molecular flexibility index (Phi) is 6.22. The summed E-state index contributed by atoms with van der Waals surface area (Å²) in [6.07, 6.45) is 3.00. The van der Waals surface area contributed by atoms with Crippen molar-refractivity contribution in [2.75, 3.05) is 53.4 Å². The molecule has 26 heavy (non-hydrogen) atoms. The van der Waals surface area contributed by atoms with E-state index in [0.29, 0.717) is 37.2 Å². The number of sulfonamides is 1. The quantitative estimate of drug-likeness (QED) is 0.685. The Morgan fingerprint density at radius 1 is 1.27 bits per heavy atom. The van der Waals surface area contributed by atoms with Crippen LogP contribution < -0.4 is 4.74 Å². The fourth-order valence-electron chi connectivity index (χ4n) is 3.85. The number of ether oxygens (including phenoxy) is 1. The second-order valence-corrected chi connectivity index (χ2v) is 9.40. The van der Waals surface area contributed by atoms with E-state index in [1.54, 1.807) is 22.5 Å². The van der Waals surface area contributed by atoms with E-state index in [4.69, 9.17) is 4.74 Å². The number of fused-ring (bicyclic) bond motifs is 1. The smallest absolute Gasteiger partial charge is 0.243 e. The lowest BCUT2D eigenvalue weighted by Crippen LogP contribution is -2.45. The largest absolute Gasteiger partial charge is 0.493 e. The van der Waals surface area contributed by atoms with Gasteiger partial charge in [-0.05, 0) is 63.8 Å². The molecule has 0 N–H and O–H groups in total. The van der Waals surface area contributed by atoms with Crippen LogP contribution in [-0.4, -0.2) is 82.0 Å². The zero-order chi connectivity index (χ0) is 18.7. The lowest BCUT2D eigenvalue weighted by molar-refractivity contribution is 0.220. The molecule has 0 bridgehead atoms. The average molecular weight is 382 g/mol. The van der Waals surface area contributed by atoms with Crippen molar-refractivity contribution in [2.24, 2.45) is 0 Å². The van der Waals surface area contributed by atoms with Gasteiger partial charge in [-0.2, -0.15) is 4.31 Å². The number of likely N-dealkylation sites (N-methyl/N-ethyl adjacent to an activating group) is 2. The van der Waals surface area contributed by atoms with Gasteiger partial charge in [0.05, 0.1) is 11.5 Å². The van der Waals surface area contributed by atoms with E-state index in [1.165, 1.54) is 0 Å². The fraction of sp³-hybridized carbons (Fsp3) is 0.684. The van der Waals surface area contributed by atoms with Gasteiger partial charge in [-0.3, -0.25) is 4.90 Å². The number of benzene rings is 1. The van der Waals surface area contributed by atoms with Gasteiger partial charge in [-0.1, -0.05) is 6.92 Å². The van der Waals surface area contributed by atoms with E-state index in [9.17, 15) is 8.42 Å². The average Bonchev–Trinajstić information content (AvgIpc) is 3.25. The molecule has 1 unspecified atom stereocenters. The van der Waals surface area contributed by atoms with E-state index in [0.717, 1.165) is 43.7 Å². The van der Waals surface area contributed by atoms with Gasteiger partial charge >= 0.3 is 0 Å². The summed E-state index contributed by atoms with van der Waals surface area (Å²) in [5.74, 6) is 0.816. The Balaban J connectivity index is 1.84. The Morgan fingerprint density at radius 2 is 2.08 bits per heavy atom. The van der Waals surface area contributed by atoms with Crippen LogP contribution in [-0.2, 0) is 16.4 Å². The van der Waals surface area contributed by atoms with Crippen molar-refractivity contribution in [1.82, 2.24) is 14.1 Å². The van der Waals surface area contributed by atoms with E-state index in [-0.39, 0.29) is 0 Å². The highest BCUT2D eigenvalue weighted by Crippen LogP contribution is 2.29. The van der Waals surface area contributed by atoms with Crippen LogP contribution in [0.5, 0.6) is 5.75 Å². The number of rotatable bonds is 8. The second kappa shape index (κ2) is 8.25. The first-order valence-corrected chi connectivity index (χ1v) is 11.0. The lowest BCUT2D eigenvalue weighted by atomic mass is 10.2. The molecule has 0 spiro atoms. The molecule has 6 nitrogen and oxygen atoms in total. The molecule has 2 aliphatic rings. The van der Waals surface area contributed by atoms with Crippen LogP contribution in [0, 0.1) is 0 Å². The number of hydrogen-bond donors (Lipinski definition) is 0. The molecule has 1 atom stereocenters. The van der Waals surface area contributed by atoms with Crippen molar-refractivity contribution in [1.29, 1.82) is 0 Å². The summed E-state index contributed by atoms with van der Waals surface area (Å²) in [5, 5.41) is 0. The topological polar surface area (TPSA) is 53.1 Å². The van der Waals surface area contributed by atoms with Crippen molar-refractivity contribution in [3.8, 4) is 5.75 Å². The summed E-state index contributed by atoms with van der Waals surface area (Å²) in [7, 11) is 0.442. The van der Waals surface area contributed by atoms with E-state index in [1.807, 2.05) is 19.0 Å². The van der Waals surface area contributed by atoms with Gasteiger partial charge in [0.2, 0.25) is 10.0 Å². The van der Waals surface area contributed by atoms with Gasteiger partial charge in [0.15, 0.2) is 0 Å². The Morgan fingerprint density at radius 3 is 2.81 bits per heavy atom. The third-order valence-electron chi connectivity index (χ3n) is 5.41. The maximum Gasteiger partial charge on any atom is 0.243 e. The molecule has 0 radical (unpaired) electrons. The summed E-state index contributed by atoms with van der Waals surface area (Å²) < 4.78 is 34.0. The summed E-state index contributed by atoms with van der Waals surface area (Å²) in [6.45, 7) is 6.62. The normalized spacial score (nSPS) is 20.7. The predicted octanol–water partition coefficient (Wildman–Crippen LogP) is 1.66. The first-order chi connectivity index (χ1) is 12.4. The molecule has 1 aromatic carbocycles. The molecule has 1 aromatic rings. The van der Waals surface area contributed by atoms with E-state index < -0.39 is 10.0 Å². The molecular weight excluding hydrogens is 350 g/mol. The highest BCUT2D eigenvalue weighted by molar-refractivity contribution is 7.89. The first kappa shape index (κ1) is 19.6. The summed E-state index contributed by atoms with van der Waals surface area (Å²) in [5.41, 5.74) is 0.995. The minimum Gasteiger partial charge on any atom is -0.493 e. The molecule has 3 rings (SSSR count). The van der Waals surface area contributed by atoms with E-state index in [2.05, 4.69) is 11.8 Å². The molecule has 2 heterocycles. The van der Waals surface area contributed by atoms with Crippen LogP contribution in [0.15, 0.2) is 23.1 Å². The van der Waals surface area contributed by atoms with Crippen molar-refractivity contribution in [3.63, 3.8) is 0 Å². The van der Waals surface area contributed by atoms with Crippen LogP contribution in [0.2, 0.25) is 0 Å². The third kappa shape index (κ3) is 4.22. The SMILES string of the molecule is CCN1CCCC1CN(CCN(C)C)S(=O)(=O)c1ccc2c(c1)CCO2. The van der Waals surface area contributed by atoms with Crippen molar-refractivity contribution in [3.05, 3.63) is 23.8 Å². The molecule has 2 aliphatic heterocycles. The molecule has 1 saturated heterocycles. The van der Waals surface area contributed by atoms with Crippen LogP contribution in [0.25, 0.3) is 0 Å². The van der Waals surface area contributed by atoms with Gasteiger partial charge in [0.1, 0.15) is 5.75 Å². The fourth-order valence-corrected chi connectivity index (χ4v) is 5.37. The lowest BCUT2D eigenvalue weighted by Gasteiger charge is -2.30. The molecule has 7 heteroatoms. The van der Waals surface area contributed by atoms with Crippen LogP contribution in [0.4, 0.5) is 0 Å². The molecular formula is C19H31N3O3S. The standard InChI is InChI=1S/C19H31N3O3S/c1-4-21-10-5-6-17(21)15-22(12-11-20(2)3)26(23,24)18-7-8-19-16(14-18)9-13-25-19/h7-8,14,17H,4-6,9-13,15H2,1-3H3. The molecule has 1 fully saturated rings. The molecule has 146 valence electrons. The number of hydrogen-bond acceptors (Lipinski definition) is 5. The van der Waals surface area contributed by atoms with Crippen molar-refractivity contribution >= 4 is 10.0 Å². The zero-order valence-corrected chi connectivity index (χ0v) is 17.0.